The van der Waals surface area contributed by atoms with Gasteiger partial charge < -0.3 is 15.9 Å². The smallest absolute Gasteiger partial charge is 0.270 e. The molecule has 0 aliphatic rings. The summed E-state index contributed by atoms with van der Waals surface area (Å²) in [5, 5.41) is 38.2. The molecule has 1 aromatic rings. The Hall–Kier alpha value is -2.50. The van der Waals surface area contributed by atoms with Crippen molar-refractivity contribution in [1.82, 2.24) is 0 Å². The van der Waals surface area contributed by atoms with Crippen molar-refractivity contribution < 1.29 is 19.9 Å². The van der Waals surface area contributed by atoms with Crippen LogP contribution < -0.4 is 5.73 Å². The van der Waals surface area contributed by atoms with Crippen LogP contribution in [-0.2, 0) is 4.79 Å². The zero-order chi connectivity index (χ0) is 13.9. The average molecular weight is 251 g/mol. The first-order chi connectivity index (χ1) is 8.38. The normalized spacial score (nSPS) is 13.4. The van der Waals surface area contributed by atoms with Gasteiger partial charge in [0.2, 0.25) is 5.91 Å². The summed E-state index contributed by atoms with van der Waals surface area (Å²) in [5.74, 6) is -1.16. The standard InChI is InChI=1S/C10H9N3O5/c11-4-5-3-6(13(17)18)1-2-7(5)8(14)9(15)10(12)16/h1-3,8-9,14-15H,(H2,12,16). The van der Waals surface area contributed by atoms with Crippen LogP contribution in [0.3, 0.4) is 0 Å². The summed E-state index contributed by atoms with van der Waals surface area (Å²) in [6.07, 6.45) is -3.60. The topological polar surface area (TPSA) is 150 Å². The number of hydrogen-bond donors (Lipinski definition) is 3. The molecule has 1 aromatic carbocycles. The molecule has 0 aliphatic heterocycles. The van der Waals surface area contributed by atoms with Crippen LogP contribution in [0.4, 0.5) is 5.69 Å². The molecule has 1 rings (SSSR count). The molecular weight excluding hydrogens is 242 g/mol. The van der Waals surface area contributed by atoms with Gasteiger partial charge in [0, 0.05) is 17.7 Å². The SMILES string of the molecule is N#Cc1cc([N+](=O)[O-])ccc1C(O)C(O)C(N)=O. The summed E-state index contributed by atoms with van der Waals surface area (Å²) in [6.45, 7) is 0. The number of aliphatic hydroxyl groups is 2. The minimum atomic E-state index is -1.89. The highest BCUT2D eigenvalue weighted by Crippen LogP contribution is 2.24. The molecule has 0 saturated heterocycles. The molecule has 8 heteroatoms. The second kappa shape index (κ2) is 5.22. The van der Waals surface area contributed by atoms with E-state index in [1.54, 1.807) is 6.07 Å². The van der Waals surface area contributed by atoms with E-state index in [1.165, 1.54) is 0 Å². The Balaban J connectivity index is 3.22. The van der Waals surface area contributed by atoms with Gasteiger partial charge in [-0.05, 0) is 6.07 Å². The van der Waals surface area contributed by atoms with E-state index in [-0.39, 0.29) is 16.8 Å². The molecule has 8 nitrogen and oxygen atoms in total. The van der Waals surface area contributed by atoms with Gasteiger partial charge in [0.1, 0.15) is 6.10 Å². The number of amides is 1. The lowest BCUT2D eigenvalue weighted by molar-refractivity contribution is -0.384. The van der Waals surface area contributed by atoms with Crippen LogP contribution >= 0.6 is 0 Å². The number of nitro groups is 1. The Morgan fingerprint density at radius 1 is 1.50 bits per heavy atom. The monoisotopic (exact) mass is 251 g/mol. The number of benzene rings is 1. The third-order valence-corrected chi connectivity index (χ3v) is 2.28. The number of hydrogen-bond acceptors (Lipinski definition) is 6. The predicted octanol–water partition coefficient (Wildman–Crippen LogP) is -0.654. The highest BCUT2D eigenvalue weighted by molar-refractivity contribution is 5.79. The number of nitrogens with zero attached hydrogens (tertiary/aromatic N) is 2. The van der Waals surface area contributed by atoms with E-state index < -0.39 is 23.0 Å². The molecule has 0 fully saturated rings. The lowest BCUT2D eigenvalue weighted by atomic mass is 9.98. The molecule has 18 heavy (non-hydrogen) atoms. The van der Waals surface area contributed by atoms with Gasteiger partial charge in [0.05, 0.1) is 16.6 Å². The molecule has 0 aromatic heterocycles. The number of nitro benzene ring substituents is 1. The lowest BCUT2D eigenvalue weighted by Gasteiger charge is -2.15. The van der Waals surface area contributed by atoms with E-state index in [9.17, 15) is 25.1 Å². The van der Waals surface area contributed by atoms with Gasteiger partial charge in [-0.15, -0.1) is 0 Å². The van der Waals surface area contributed by atoms with Gasteiger partial charge >= 0.3 is 0 Å². The maximum absolute atomic E-state index is 10.7. The summed E-state index contributed by atoms with van der Waals surface area (Å²) in [5.41, 5.74) is 4.15. The van der Waals surface area contributed by atoms with Crippen LogP contribution in [0.2, 0.25) is 0 Å². The van der Waals surface area contributed by atoms with Crippen molar-refractivity contribution in [3.05, 3.63) is 39.4 Å². The number of nitrogens with two attached hydrogens (primary N) is 1. The molecule has 2 atom stereocenters. The highest BCUT2D eigenvalue weighted by Gasteiger charge is 2.26. The predicted molar refractivity (Wildman–Crippen MR) is 58.0 cm³/mol. The number of non-ortho nitro benzene ring substituents is 1. The van der Waals surface area contributed by atoms with E-state index in [0.29, 0.717) is 0 Å². The summed E-state index contributed by atoms with van der Waals surface area (Å²) in [4.78, 5) is 20.5. The Kier molecular flexibility index (Phi) is 3.93. The van der Waals surface area contributed by atoms with E-state index in [2.05, 4.69) is 0 Å². The minimum Gasteiger partial charge on any atom is -0.385 e. The molecule has 4 N–H and O–H groups in total. The number of primary amides is 1. The number of nitriles is 1. The van der Waals surface area contributed by atoms with Crippen molar-refractivity contribution in [2.24, 2.45) is 5.73 Å². The maximum Gasteiger partial charge on any atom is 0.270 e. The summed E-state index contributed by atoms with van der Waals surface area (Å²) in [7, 11) is 0. The fraction of sp³-hybridized carbons (Fsp3) is 0.200. The molecular formula is C10H9N3O5. The van der Waals surface area contributed by atoms with Crippen molar-refractivity contribution >= 4 is 11.6 Å². The van der Waals surface area contributed by atoms with Crippen LogP contribution in [0.5, 0.6) is 0 Å². The van der Waals surface area contributed by atoms with Crippen molar-refractivity contribution in [3.63, 3.8) is 0 Å². The lowest BCUT2D eigenvalue weighted by Crippen LogP contribution is -2.34. The Morgan fingerprint density at radius 2 is 2.11 bits per heavy atom. The summed E-state index contributed by atoms with van der Waals surface area (Å²) in [6, 6.07) is 4.71. The van der Waals surface area contributed by atoms with Crippen molar-refractivity contribution in [2.75, 3.05) is 0 Å². The molecule has 2 unspecified atom stereocenters. The third kappa shape index (κ3) is 2.60. The zero-order valence-corrected chi connectivity index (χ0v) is 8.98. The molecule has 0 saturated carbocycles. The van der Waals surface area contributed by atoms with Gasteiger partial charge in [0.25, 0.3) is 5.69 Å². The fourth-order valence-electron chi connectivity index (χ4n) is 1.34. The van der Waals surface area contributed by atoms with E-state index in [0.717, 1.165) is 18.2 Å². The van der Waals surface area contributed by atoms with Crippen molar-refractivity contribution in [1.29, 1.82) is 5.26 Å². The first kappa shape index (κ1) is 13.6. The molecule has 94 valence electrons. The second-order valence-electron chi connectivity index (χ2n) is 3.43. The molecule has 0 heterocycles. The first-order valence-electron chi connectivity index (χ1n) is 4.72. The largest absolute Gasteiger partial charge is 0.385 e. The zero-order valence-electron chi connectivity index (χ0n) is 8.98. The van der Waals surface area contributed by atoms with Gasteiger partial charge in [-0.2, -0.15) is 5.26 Å². The first-order valence-corrected chi connectivity index (χ1v) is 4.72. The number of carbonyl (C=O) groups is 1. The molecule has 1 amide bonds. The van der Waals surface area contributed by atoms with Crippen LogP contribution in [0.15, 0.2) is 18.2 Å². The summed E-state index contributed by atoms with van der Waals surface area (Å²) < 4.78 is 0. The van der Waals surface area contributed by atoms with Crippen LogP contribution in [0.1, 0.15) is 17.2 Å². The molecule has 0 bridgehead atoms. The van der Waals surface area contributed by atoms with Crippen LogP contribution in [0.25, 0.3) is 0 Å². The minimum absolute atomic E-state index is 0.102. The van der Waals surface area contributed by atoms with Gasteiger partial charge in [0.15, 0.2) is 6.10 Å². The third-order valence-electron chi connectivity index (χ3n) is 2.28. The molecule has 0 radical (unpaired) electrons. The van der Waals surface area contributed by atoms with Gasteiger partial charge in [-0.3, -0.25) is 14.9 Å². The fourth-order valence-corrected chi connectivity index (χ4v) is 1.34. The Bertz CT molecular complexity index is 537. The van der Waals surface area contributed by atoms with Gasteiger partial charge in [-0.25, -0.2) is 0 Å². The number of aliphatic hydroxyl groups excluding tert-OH is 2. The van der Waals surface area contributed by atoms with E-state index in [4.69, 9.17) is 11.0 Å². The number of rotatable bonds is 4. The second-order valence-corrected chi connectivity index (χ2v) is 3.43. The quantitative estimate of drug-likeness (QED) is 0.477. The van der Waals surface area contributed by atoms with Gasteiger partial charge in [-0.1, -0.05) is 0 Å². The van der Waals surface area contributed by atoms with Crippen molar-refractivity contribution in [3.8, 4) is 6.07 Å². The Morgan fingerprint density at radius 3 is 2.56 bits per heavy atom. The Labute approximate surface area is 101 Å². The van der Waals surface area contributed by atoms with Crippen LogP contribution in [0, 0.1) is 21.4 Å². The molecule has 0 aliphatic carbocycles. The van der Waals surface area contributed by atoms with E-state index >= 15 is 0 Å². The number of carbonyl (C=O) groups excluding carboxylic acids is 1. The van der Waals surface area contributed by atoms with Crippen LogP contribution in [-0.4, -0.2) is 27.1 Å². The van der Waals surface area contributed by atoms with E-state index in [1.807, 2.05) is 0 Å². The summed E-state index contributed by atoms with van der Waals surface area (Å²) >= 11 is 0. The average Bonchev–Trinajstić information content (AvgIpc) is 2.35. The molecule has 0 spiro atoms. The highest BCUT2D eigenvalue weighted by atomic mass is 16.6. The maximum atomic E-state index is 10.7. The van der Waals surface area contributed by atoms with Crippen molar-refractivity contribution in [2.45, 2.75) is 12.2 Å².